The fraction of sp³-hybridized carbons (Fsp3) is 0.619. The van der Waals surface area contributed by atoms with Gasteiger partial charge in [-0.15, -0.1) is 0 Å². The molecule has 15 nitrogen and oxygen atoms in total. The van der Waals surface area contributed by atoms with Gasteiger partial charge in [-0.25, -0.2) is 19.6 Å². The van der Waals surface area contributed by atoms with E-state index in [9.17, 15) is 9.59 Å². The predicted molar refractivity (Wildman–Crippen MR) is 331 cm³/mol. The van der Waals surface area contributed by atoms with Crippen molar-refractivity contribution in [2.75, 3.05) is 48.1 Å². The lowest BCUT2D eigenvalue weighted by Crippen LogP contribution is -2.51. The van der Waals surface area contributed by atoms with Gasteiger partial charge in [-0.1, -0.05) is 148 Å². The maximum atomic E-state index is 13.9. The summed E-state index contributed by atoms with van der Waals surface area (Å²) in [5.41, 5.74) is -1.03. The minimum atomic E-state index is -2.17. The molecule has 0 unspecified atom stereocenters. The van der Waals surface area contributed by atoms with Crippen LogP contribution >= 0.6 is 0 Å². The van der Waals surface area contributed by atoms with E-state index in [-0.39, 0.29) is 60.5 Å². The summed E-state index contributed by atoms with van der Waals surface area (Å²) < 4.78 is 65.2. The molecule has 2 aromatic rings. The van der Waals surface area contributed by atoms with E-state index >= 15 is 0 Å². The number of hydrogen-bond donors (Lipinski definition) is 0. The maximum Gasteiger partial charge on any atom is 0.360 e. The first-order valence-electron chi connectivity index (χ1n) is 28.2. The zero-order valence-electron chi connectivity index (χ0n) is 52.8. The van der Waals surface area contributed by atoms with Crippen LogP contribution < -0.4 is 0 Å². The van der Waals surface area contributed by atoms with Crippen molar-refractivity contribution in [1.82, 2.24) is 9.97 Å². The number of aromatic nitrogens is 2. The minimum Gasteiger partial charge on any atom is -0.464 e. The predicted octanol–water partition coefficient (Wildman–Crippen LogP) is 13.8. The van der Waals surface area contributed by atoms with E-state index in [4.69, 9.17) is 51.2 Å². The Kier molecular flexibility index (Phi) is 31.7. The lowest BCUT2D eigenvalue weighted by atomic mass is 9.78. The van der Waals surface area contributed by atoms with Gasteiger partial charge in [-0.05, 0) is 86.9 Å². The number of esters is 2. The zero-order valence-corrected chi connectivity index (χ0v) is 55.8. The van der Waals surface area contributed by atoms with E-state index in [1.54, 1.807) is 38.5 Å². The standard InChI is InChI=1S/C63H100N2O13Si3/c1-21-33-53(75-47-71-39-41-79(13,14)15)62(6,7)55(37-31-27-23-25-29-35-49(68-10)43-57-64-51(45-73-57)59(66)70-12)77-60(67)52-46-74-58(65-52)44-50(69-11)36-30-26-24-28-32-38-56(78-81(19,20)61(3,4)5)63(8,9)54(34-22-2)76-48-72-40-42-80(16,17)18/h21-22,27-36,45-46,49-50,53-56H,37-44,47-48H2,1-20H3/b31-27-,32-28-,33-21+,34-22+,35-29+,36-30+/t49-,50-,53-,54-,55-,56-/m0/s1. The highest BCUT2D eigenvalue weighted by Crippen LogP contribution is 2.42. The minimum absolute atomic E-state index is 0.0186. The third-order valence-electron chi connectivity index (χ3n) is 14.1. The summed E-state index contributed by atoms with van der Waals surface area (Å²) in [5, 5.41) is 0.0186. The molecule has 0 saturated heterocycles. The van der Waals surface area contributed by atoms with Crippen LogP contribution in [0.3, 0.4) is 0 Å². The second kappa shape index (κ2) is 35.4. The van der Waals surface area contributed by atoms with Crippen molar-refractivity contribution in [3.8, 4) is 23.7 Å². The number of carbonyl (C=O) groups excluding carboxylic acids is 2. The summed E-state index contributed by atoms with van der Waals surface area (Å²) in [5.74, 6) is 11.6. The number of ether oxygens (including phenoxy) is 8. The molecular formula is C63H100N2O13Si3. The largest absolute Gasteiger partial charge is 0.464 e. The molecule has 2 rings (SSSR count). The van der Waals surface area contributed by atoms with Gasteiger partial charge in [0.05, 0.1) is 50.5 Å². The van der Waals surface area contributed by atoms with Gasteiger partial charge < -0.3 is 51.2 Å². The highest BCUT2D eigenvalue weighted by atomic mass is 28.4. The van der Waals surface area contributed by atoms with Gasteiger partial charge in [0.15, 0.2) is 31.5 Å². The Morgan fingerprint density at radius 3 is 1.40 bits per heavy atom. The molecule has 2 aromatic heterocycles. The van der Waals surface area contributed by atoms with E-state index in [2.05, 4.69) is 133 Å². The molecule has 0 amide bonds. The maximum absolute atomic E-state index is 13.9. The summed E-state index contributed by atoms with van der Waals surface area (Å²) in [6.45, 7) is 39.2. The second-order valence-electron chi connectivity index (χ2n) is 25.1. The van der Waals surface area contributed by atoms with Crippen LogP contribution in [0.15, 0.2) is 94.3 Å². The first kappa shape index (κ1) is 72.4. The van der Waals surface area contributed by atoms with E-state index in [1.165, 1.54) is 19.6 Å². The van der Waals surface area contributed by atoms with Crippen molar-refractivity contribution < 1.29 is 60.7 Å². The fourth-order valence-electron chi connectivity index (χ4n) is 7.51. The molecule has 6 atom stereocenters. The SMILES string of the molecule is C/C=C/[C@H](OCOCC[Si](C)(C)C)C(C)(C)[C@H](C/C=C\C#C/C=C/[C@@H](Cc1nc(C(=O)OC)co1)OC)OC(=O)c1coc(C[C@H](/C=C/C#C/C=C\C[C@H](O[Si](C)(C)C(C)(C)C)C(C)(C)[C@H](/C=C/C)OCOCC[Si](C)(C)C)OC)n1. The molecule has 0 aliphatic rings. The highest BCUT2D eigenvalue weighted by Gasteiger charge is 2.45. The average molecular weight is 1180 g/mol. The normalized spacial score (nSPS) is 15.6. The molecule has 0 aliphatic heterocycles. The van der Waals surface area contributed by atoms with E-state index in [0.717, 1.165) is 12.1 Å². The van der Waals surface area contributed by atoms with Crippen LogP contribution in [0, 0.1) is 34.5 Å². The van der Waals surface area contributed by atoms with E-state index < -0.39 is 66.2 Å². The number of oxazole rings is 2. The molecule has 0 bridgehead atoms. The lowest BCUT2D eigenvalue weighted by Gasteiger charge is -2.46. The summed E-state index contributed by atoms with van der Waals surface area (Å²) in [6.07, 6.45) is 24.1. The Labute approximate surface area is 490 Å². The molecule has 0 aromatic carbocycles. The smallest absolute Gasteiger partial charge is 0.360 e. The Balaban J connectivity index is 2.27. The monoisotopic (exact) mass is 1180 g/mol. The van der Waals surface area contributed by atoms with Gasteiger partial charge in [0, 0.05) is 60.8 Å². The van der Waals surface area contributed by atoms with Gasteiger partial charge in [0.2, 0.25) is 0 Å². The van der Waals surface area contributed by atoms with Crippen LogP contribution in [0.1, 0.15) is 108 Å². The van der Waals surface area contributed by atoms with Gasteiger partial charge in [-0.2, -0.15) is 0 Å². The van der Waals surface area contributed by atoms with E-state index in [0.29, 0.717) is 37.8 Å². The van der Waals surface area contributed by atoms with Crippen molar-refractivity contribution in [1.29, 1.82) is 0 Å². The van der Waals surface area contributed by atoms with Gasteiger partial charge in [0.25, 0.3) is 0 Å². The summed E-state index contributed by atoms with van der Waals surface area (Å²) in [4.78, 5) is 34.4. The third-order valence-corrected chi connectivity index (χ3v) is 22.0. The molecule has 0 radical (unpaired) electrons. The second-order valence-corrected chi connectivity index (χ2v) is 41.1. The molecule has 452 valence electrons. The molecule has 0 saturated carbocycles. The number of carbonyl (C=O) groups is 2. The Morgan fingerprint density at radius 1 is 0.593 bits per heavy atom. The van der Waals surface area contributed by atoms with Crippen LogP contribution in [0.5, 0.6) is 0 Å². The Morgan fingerprint density at radius 2 is 1.00 bits per heavy atom. The number of rotatable bonds is 35. The van der Waals surface area contributed by atoms with Crippen molar-refractivity contribution >= 4 is 36.4 Å². The van der Waals surface area contributed by atoms with Crippen LogP contribution in [-0.4, -0.2) is 131 Å². The fourth-order valence-corrected chi connectivity index (χ4v) is 10.5. The summed E-state index contributed by atoms with van der Waals surface area (Å²) in [7, 11) is -0.265. The lowest BCUT2D eigenvalue weighted by molar-refractivity contribution is -0.129. The third kappa shape index (κ3) is 27.5. The molecule has 0 spiro atoms. The van der Waals surface area contributed by atoms with Crippen molar-refractivity contribution in [3.05, 3.63) is 109 Å². The molecule has 2 heterocycles. The number of nitrogens with zero attached hydrogens (tertiary/aromatic N) is 2. The van der Waals surface area contributed by atoms with E-state index in [1.807, 2.05) is 64.2 Å². The topological polar surface area (TPSA) is 169 Å². The van der Waals surface area contributed by atoms with Crippen molar-refractivity contribution in [3.63, 3.8) is 0 Å². The van der Waals surface area contributed by atoms with Crippen LogP contribution in [0.2, 0.25) is 69.5 Å². The molecule has 0 aliphatic carbocycles. The van der Waals surface area contributed by atoms with Crippen LogP contribution in [0.25, 0.3) is 0 Å². The zero-order chi connectivity index (χ0) is 60.9. The number of allylic oxidation sites excluding steroid dienone is 6. The Hall–Kier alpha value is -4.71. The van der Waals surface area contributed by atoms with Crippen molar-refractivity contribution in [2.45, 2.75) is 194 Å². The van der Waals surface area contributed by atoms with Crippen LogP contribution in [0.4, 0.5) is 0 Å². The van der Waals surface area contributed by atoms with Gasteiger partial charge in [-0.3, -0.25) is 0 Å². The quantitative estimate of drug-likeness (QED) is 0.0159. The Bertz CT molecular complexity index is 2490. The van der Waals surface area contributed by atoms with Gasteiger partial charge >= 0.3 is 11.9 Å². The molecular weight excluding hydrogens is 1080 g/mol. The molecule has 0 N–H and O–H groups in total. The molecule has 81 heavy (non-hydrogen) atoms. The summed E-state index contributed by atoms with van der Waals surface area (Å²) in [6, 6.07) is 2.09. The van der Waals surface area contributed by atoms with Gasteiger partial charge in [0.1, 0.15) is 32.2 Å². The highest BCUT2D eigenvalue weighted by molar-refractivity contribution is 6.76. The molecule has 18 heteroatoms. The van der Waals surface area contributed by atoms with Crippen molar-refractivity contribution in [2.24, 2.45) is 10.8 Å². The first-order chi connectivity index (χ1) is 37.9. The molecule has 0 fully saturated rings. The summed E-state index contributed by atoms with van der Waals surface area (Å²) >= 11 is 0. The van der Waals surface area contributed by atoms with Crippen LogP contribution in [-0.2, 0) is 55.2 Å². The number of hydrogen-bond acceptors (Lipinski definition) is 15. The first-order valence-corrected chi connectivity index (χ1v) is 38.5. The average Bonchev–Trinajstić information content (AvgIpc) is 4.07. The number of methoxy groups -OCH3 is 3.